The monoisotopic (exact) mass is 262 g/mol. The minimum Gasteiger partial charge on any atom is -0.306 e. The maximum atomic E-state index is 11.9. The van der Waals surface area contributed by atoms with Crippen molar-refractivity contribution in [1.82, 2.24) is 30.4 Å². The number of hydrogen-bond donors (Lipinski definition) is 2. The van der Waals surface area contributed by atoms with Gasteiger partial charge in [0.15, 0.2) is 0 Å². The van der Waals surface area contributed by atoms with Crippen molar-refractivity contribution < 1.29 is 4.79 Å². The van der Waals surface area contributed by atoms with Crippen LogP contribution in [-0.4, -0.2) is 31.7 Å². The molecule has 92 valence electrons. The van der Waals surface area contributed by atoms with Crippen LogP contribution in [0.15, 0.2) is 11.4 Å². The smallest absolute Gasteiger partial charge is 0.273 e. The normalized spacial score (nSPS) is 14.0. The molecule has 0 bridgehead atoms. The second kappa shape index (κ2) is 3.98. The Bertz CT molecular complexity index is 677. The van der Waals surface area contributed by atoms with Crippen LogP contribution in [0.2, 0.25) is 0 Å². The average Bonchev–Trinajstić information content (AvgIpc) is 2.66. The zero-order chi connectivity index (χ0) is 12.7. The van der Waals surface area contributed by atoms with Crippen LogP contribution in [0.5, 0.6) is 0 Å². The number of aryl methyl sites for hydroxylation is 1. The Balaban J connectivity index is 2.39. The van der Waals surface area contributed by atoms with Crippen LogP contribution in [0.4, 0.5) is 0 Å². The van der Waals surface area contributed by atoms with Gasteiger partial charge in [0.05, 0.1) is 17.0 Å². The SMILES string of the molecule is CSc1nc2nc(C)c3c(n2n1)C=CNNC3=O. The van der Waals surface area contributed by atoms with E-state index in [-0.39, 0.29) is 5.91 Å². The summed E-state index contributed by atoms with van der Waals surface area (Å²) in [5.41, 5.74) is 7.03. The molecular formula is C10H10N6OS. The van der Waals surface area contributed by atoms with Gasteiger partial charge in [-0.1, -0.05) is 11.8 Å². The van der Waals surface area contributed by atoms with Crippen molar-refractivity contribution in [2.45, 2.75) is 12.1 Å². The van der Waals surface area contributed by atoms with Crippen molar-refractivity contribution in [3.63, 3.8) is 0 Å². The van der Waals surface area contributed by atoms with Crippen LogP contribution in [0.25, 0.3) is 11.9 Å². The number of hydrazine groups is 1. The first-order valence-corrected chi connectivity index (χ1v) is 6.47. The highest BCUT2D eigenvalue weighted by atomic mass is 32.2. The molecule has 2 N–H and O–H groups in total. The van der Waals surface area contributed by atoms with Crippen molar-refractivity contribution in [1.29, 1.82) is 0 Å². The highest BCUT2D eigenvalue weighted by Crippen LogP contribution is 2.19. The molecular weight excluding hydrogens is 252 g/mol. The van der Waals surface area contributed by atoms with Crippen molar-refractivity contribution in [3.05, 3.63) is 23.2 Å². The van der Waals surface area contributed by atoms with E-state index in [1.165, 1.54) is 11.8 Å². The van der Waals surface area contributed by atoms with Gasteiger partial charge in [-0.15, -0.1) is 5.10 Å². The molecule has 1 aliphatic rings. The quantitative estimate of drug-likeness (QED) is 0.722. The molecule has 0 atom stereocenters. The number of fused-ring (bicyclic) bond motifs is 3. The fourth-order valence-corrected chi connectivity index (χ4v) is 2.16. The number of nitrogens with one attached hydrogen (secondary N) is 2. The summed E-state index contributed by atoms with van der Waals surface area (Å²) in [5.74, 6) is 0.262. The molecule has 3 heterocycles. The van der Waals surface area contributed by atoms with E-state index < -0.39 is 0 Å². The molecule has 8 heteroatoms. The molecule has 0 unspecified atom stereocenters. The second-order valence-electron chi connectivity index (χ2n) is 3.70. The van der Waals surface area contributed by atoms with Gasteiger partial charge >= 0.3 is 0 Å². The summed E-state index contributed by atoms with van der Waals surface area (Å²) in [5, 5.41) is 4.93. The van der Waals surface area contributed by atoms with Gasteiger partial charge in [0.25, 0.3) is 11.7 Å². The van der Waals surface area contributed by atoms with E-state index in [0.717, 1.165) is 0 Å². The van der Waals surface area contributed by atoms with Crippen LogP contribution in [0.3, 0.4) is 0 Å². The zero-order valence-electron chi connectivity index (χ0n) is 9.76. The number of amides is 1. The summed E-state index contributed by atoms with van der Waals surface area (Å²) >= 11 is 1.43. The third-order valence-corrected chi connectivity index (χ3v) is 3.14. The Kier molecular flexibility index (Phi) is 2.44. The highest BCUT2D eigenvalue weighted by Gasteiger charge is 2.21. The van der Waals surface area contributed by atoms with Gasteiger partial charge in [-0.05, 0) is 19.3 Å². The van der Waals surface area contributed by atoms with Crippen LogP contribution in [-0.2, 0) is 0 Å². The predicted octanol–water partition coefficient (Wildman–Crippen LogP) is 0.373. The van der Waals surface area contributed by atoms with E-state index in [9.17, 15) is 4.79 Å². The number of thioether (sulfide) groups is 1. The summed E-state index contributed by atoms with van der Waals surface area (Å²) < 4.78 is 1.58. The summed E-state index contributed by atoms with van der Waals surface area (Å²) in [6.45, 7) is 1.78. The first-order chi connectivity index (χ1) is 8.70. The second-order valence-corrected chi connectivity index (χ2v) is 4.47. The molecule has 0 aromatic carbocycles. The number of hydrogen-bond acceptors (Lipinski definition) is 6. The third kappa shape index (κ3) is 1.53. The molecule has 0 spiro atoms. The minimum atomic E-state index is -0.233. The summed E-state index contributed by atoms with van der Waals surface area (Å²) in [7, 11) is 0. The molecule has 1 aliphatic heterocycles. The lowest BCUT2D eigenvalue weighted by molar-refractivity contribution is 0.0940. The molecule has 18 heavy (non-hydrogen) atoms. The standard InChI is InChI=1S/C10H10N6OS/c1-5-7-6(3-4-11-14-8(7)17)16-9(12-5)13-10(15-16)18-2/h3-4,11H,1-2H3,(H,14,17). The van der Waals surface area contributed by atoms with Crippen molar-refractivity contribution in [2.24, 2.45) is 0 Å². The Morgan fingerprint density at radius 2 is 2.22 bits per heavy atom. The lowest BCUT2D eigenvalue weighted by Gasteiger charge is -2.07. The molecule has 0 radical (unpaired) electrons. The Morgan fingerprint density at radius 3 is 3.00 bits per heavy atom. The Labute approximate surface area is 107 Å². The molecule has 2 aromatic heterocycles. The lowest BCUT2D eigenvalue weighted by Crippen LogP contribution is -2.33. The fraction of sp³-hybridized carbons (Fsp3) is 0.200. The molecule has 2 aromatic rings. The maximum Gasteiger partial charge on any atom is 0.273 e. The molecule has 0 saturated carbocycles. The van der Waals surface area contributed by atoms with E-state index >= 15 is 0 Å². The van der Waals surface area contributed by atoms with Gasteiger partial charge in [0.2, 0.25) is 5.16 Å². The molecule has 7 nitrogen and oxygen atoms in total. The minimum absolute atomic E-state index is 0.233. The fourth-order valence-electron chi connectivity index (χ4n) is 1.83. The molecule has 0 aliphatic carbocycles. The molecule has 1 amide bonds. The first kappa shape index (κ1) is 11.0. The van der Waals surface area contributed by atoms with E-state index in [1.807, 2.05) is 6.26 Å². The van der Waals surface area contributed by atoms with Gasteiger partial charge in [0, 0.05) is 6.20 Å². The number of aromatic nitrogens is 4. The average molecular weight is 262 g/mol. The number of carbonyl (C=O) groups is 1. The molecule has 0 saturated heterocycles. The third-order valence-electron chi connectivity index (χ3n) is 2.60. The van der Waals surface area contributed by atoms with Gasteiger partial charge in [-0.2, -0.15) is 9.50 Å². The van der Waals surface area contributed by atoms with E-state index in [0.29, 0.717) is 27.9 Å². The topological polar surface area (TPSA) is 84.2 Å². The van der Waals surface area contributed by atoms with Crippen LogP contribution in [0, 0.1) is 6.92 Å². The Morgan fingerprint density at radius 1 is 1.39 bits per heavy atom. The van der Waals surface area contributed by atoms with Gasteiger partial charge in [-0.25, -0.2) is 4.98 Å². The van der Waals surface area contributed by atoms with Gasteiger partial charge < -0.3 is 5.43 Å². The summed E-state index contributed by atoms with van der Waals surface area (Å²) in [6, 6.07) is 0. The van der Waals surface area contributed by atoms with Crippen LogP contribution >= 0.6 is 11.8 Å². The van der Waals surface area contributed by atoms with Crippen molar-refractivity contribution >= 4 is 29.5 Å². The summed E-state index contributed by atoms with van der Waals surface area (Å²) in [4.78, 5) is 20.5. The molecule has 0 fully saturated rings. The Hall–Kier alpha value is -2.09. The van der Waals surface area contributed by atoms with E-state index in [1.54, 1.807) is 23.7 Å². The van der Waals surface area contributed by atoms with Crippen molar-refractivity contribution in [3.8, 4) is 0 Å². The van der Waals surface area contributed by atoms with Gasteiger partial charge in [-0.3, -0.25) is 10.2 Å². The first-order valence-electron chi connectivity index (χ1n) is 5.24. The molecule has 3 rings (SSSR count). The van der Waals surface area contributed by atoms with Gasteiger partial charge in [0.1, 0.15) is 0 Å². The number of carbonyl (C=O) groups excluding carboxylic acids is 1. The van der Waals surface area contributed by atoms with E-state index in [2.05, 4.69) is 25.9 Å². The number of nitrogens with zero attached hydrogens (tertiary/aromatic N) is 4. The largest absolute Gasteiger partial charge is 0.306 e. The lowest BCUT2D eigenvalue weighted by atomic mass is 10.1. The van der Waals surface area contributed by atoms with Crippen LogP contribution < -0.4 is 10.9 Å². The maximum absolute atomic E-state index is 11.9. The van der Waals surface area contributed by atoms with E-state index in [4.69, 9.17) is 0 Å². The van der Waals surface area contributed by atoms with Crippen molar-refractivity contribution in [2.75, 3.05) is 6.26 Å². The summed E-state index contributed by atoms with van der Waals surface area (Å²) in [6.07, 6.45) is 5.31. The zero-order valence-corrected chi connectivity index (χ0v) is 10.6. The number of rotatable bonds is 1. The predicted molar refractivity (Wildman–Crippen MR) is 66.9 cm³/mol. The van der Waals surface area contributed by atoms with Crippen LogP contribution in [0.1, 0.15) is 21.7 Å². The highest BCUT2D eigenvalue weighted by molar-refractivity contribution is 7.98.